The van der Waals surface area contributed by atoms with Crippen LogP contribution in [0.1, 0.15) is 30.9 Å². The zero-order chi connectivity index (χ0) is 16.3. The second-order valence-corrected chi connectivity index (χ2v) is 6.51. The Balaban J connectivity index is 2.22. The SMILES string of the molecule is COc1ccc(Oc2ccc(C(O)(Cl)Cl)cc2)cc1C(C)C. The van der Waals surface area contributed by atoms with Gasteiger partial charge in [0.2, 0.25) is 4.52 Å². The van der Waals surface area contributed by atoms with Crippen molar-refractivity contribution in [3.63, 3.8) is 0 Å². The molecule has 0 aliphatic rings. The van der Waals surface area contributed by atoms with Crippen molar-refractivity contribution in [1.29, 1.82) is 0 Å². The van der Waals surface area contributed by atoms with Gasteiger partial charge in [0, 0.05) is 11.1 Å². The van der Waals surface area contributed by atoms with E-state index in [4.69, 9.17) is 32.7 Å². The predicted octanol–water partition coefficient (Wildman–Crippen LogP) is 5.19. The maximum Gasteiger partial charge on any atom is 0.241 e. The van der Waals surface area contributed by atoms with Crippen LogP contribution in [-0.4, -0.2) is 12.2 Å². The highest BCUT2D eigenvalue weighted by atomic mass is 35.5. The van der Waals surface area contributed by atoms with Crippen LogP contribution in [0.4, 0.5) is 0 Å². The molecule has 0 aliphatic carbocycles. The standard InChI is InChI=1S/C17H18Cl2O3/c1-11(2)15-10-14(8-9-16(15)21-3)22-13-6-4-12(5-7-13)17(18,19)20/h4-11,20H,1-3H3. The Labute approximate surface area is 140 Å². The number of hydrogen-bond acceptors (Lipinski definition) is 3. The molecule has 22 heavy (non-hydrogen) atoms. The molecule has 0 amide bonds. The summed E-state index contributed by atoms with van der Waals surface area (Å²) in [5, 5.41) is 9.50. The molecule has 0 radical (unpaired) electrons. The summed E-state index contributed by atoms with van der Waals surface area (Å²) >= 11 is 11.3. The highest BCUT2D eigenvalue weighted by molar-refractivity contribution is 6.46. The smallest absolute Gasteiger partial charge is 0.241 e. The second-order valence-electron chi connectivity index (χ2n) is 5.23. The van der Waals surface area contributed by atoms with E-state index < -0.39 is 4.52 Å². The maximum atomic E-state index is 9.50. The molecular formula is C17H18Cl2O3. The topological polar surface area (TPSA) is 38.7 Å². The predicted molar refractivity (Wildman–Crippen MR) is 89.2 cm³/mol. The van der Waals surface area contributed by atoms with Crippen molar-refractivity contribution >= 4 is 23.2 Å². The van der Waals surface area contributed by atoms with Gasteiger partial charge in [0.05, 0.1) is 7.11 Å². The number of alkyl halides is 2. The van der Waals surface area contributed by atoms with E-state index in [9.17, 15) is 5.11 Å². The van der Waals surface area contributed by atoms with Gasteiger partial charge >= 0.3 is 0 Å². The summed E-state index contributed by atoms with van der Waals surface area (Å²) in [6.07, 6.45) is 0. The van der Waals surface area contributed by atoms with Gasteiger partial charge < -0.3 is 14.6 Å². The number of benzene rings is 2. The minimum absolute atomic E-state index is 0.323. The Morgan fingerprint density at radius 3 is 2.09 bits per heavy atom. The highest BCUT2D eigenvalue weighted by Gasteiger charge is 2.21. The zero-order valence-electron chi connectivity index (χ0n) is 12.6. The summed E-state index contributed by atoms with van der Waals surface area (Å²) < 4.78 is 9.27. The molecular weight excluding hydrogens is 323 g/mol. The van der Waals surface area contributed by atoms with E-state index in [0.29, 0.717) is 23.0 Å². The molecule has 1 N–H and O–H groups in total. The molecule has 2 rings (SSSR count). The first-order chi connectivity index (χ1) is 10.3. The Morgan fingerprint density at radius 1 is 1.00 bits per heavy atom. The van der Waals surface area contributed by atoms with Crippen molar-refractivity contribution < 1.29 is 14.6 Å². The van der Waals surface area contributed by atoms with E-state index in [1.54, 1.807) is 31.4 Å². The monoisotopic (exact) mass is 340 g/mol. The summed E-state index contributed by atoms with van der Waals surface area (Å²) in [5.41, 5.74) is 1.47. The molecule has 0 fully saturated rings. The number of halogens is 2. The summed E-state index contributed by atoms with van der Waals surface area (Å²) in [6, 6.07) is 12.3. The van der Waals surface area contributed by atoms with Gasteiger partial charge in [-0.25, -0.2) is 0 Å². The van der Waals surface area contributed by atoms with Crippen molar-refractivity contribution in [3.05, 3.63) is 53.6 Å². The molecule has 2 aromatic carbocycles. The molecule has 0 aromatic heterocycles. The molecule has 118 valence electrons. The van der Waals surface area contributed by atoms with E-state index in [0.717, 1.165) is 11.3 Å². The first-order valence-electron chi connectivity index (χ1n) is 6.87. The van der Waals surface area contributed by atoms with Crippen LogP contribution in [0, 0.1) is 0 Å². The van der Waals surface area contributed by atoms with Crippen molar-refractivity contribution in [2.45, 2.75) is 24.3 Å². The summed E-state index contributed by atoms with van der Waals surface area (Å²) in [7, 11) is 1.65. The lowest BCUT2D eigenvalue weighted by molar-refractivity contribution is 0.218. The number of ether oxygens (including phenoxy) is 2. The third-order valence-corrected chi connectivity index (χ3v) is 3.70. The molecule has 0 bridgehead atoms. The lowest BCUT2D eigenvalue weighted by atomic mass is 10.0. The van der Waals surface area contributed by atoms with Crippen molar-refractivity contribution in [2.75, 3.05) is 7.11 Å². The van der Waals surface area contributed by atoms with Crippen LogP contribution in [-0.2, 0) is 4.52 Å². The normalized spacial score (nSPS) is 11.6. The van der Waals surface area contributed by atoms with E-state index >= 15 is 0 Å². The molecule has 2 aromatic rings. The van der Waals surface area contributed by atoms with Crippen LogP contribution in [0.15, 0.2) is 42.5 Å². The van der Waals surface area contributed by atoms with Crippen LogP contribution >= 0.6 is 23.2 Å². The molecule has 0 aliphatic heterocycles. The van der Waals surface area contributed by atoms with Crippen LogP contribution in [0.25, 0.3) is 0 Å². The van der Waals surface area contributed by atoms with Gasteiger partial charge in [-0.3, -0.25) is 0 Å². The number of methoxy groups -OCH3 is 1. The molecule has 0 unspecified atom stereocenters. The van der Waals surface area contributed by atoms with Crippen molar-refractivity contribution in [1.82, 2.24) is 0 Å². The highest BCUT2D eigenvalue weighted by Crippen LogP contribution is 2.34. The molecule has 0 spiro atoms. The van der Waals surface area contributed by atoms with E-state index in [-0.39, 0.29) is 0 Å². The van der Waals surface area contributed by atoms with Crippen LogP contribution < -0.4 is 9.47 Å². The quantitative estimate of drug-likeness (QED) is 0.761. The van der Waals surface area contributed by atoms with Crippen LogP contribution in [0.5, 0.6) is 17.2 Å². The summed E-state index contributed by atoms with van der Waals surface area (Å²) in [5.74, 6) is 2.50. The Hall–Kier alpha value is -1.42. The van der Waals surface area contributed by atoms with E-state index in [1.807, 2.05) is 18.2 Å². The van der Waals surface area contributed by atoms with Crippen molar-refractivity contribution in [2.24, 2.45) is 0 Å². The van der Waals surface area contributed by atoms with E-state index in [1.165, 1.54) is 0 Å². The molecule has 0 saturated heterocycles. The fourth-order valence-electron chi connectivity index (χ4n) is 2.09. The van der Waals surface area contributed by atoms with E-state index in [2.05, 4.69) is 13.8 Å². The van der Waals surface area contributed by atoms with Crippen LogP contribution in [0.2, 0.25) is 0 Å². The van der Waals surface area contributed by atoms with Gasteiger partial charge in [0.25, 0.3) is 0 Å². The average molecular weight is 341 g/mol. The first kappa shape index (κ1) is 16.9. The third-order valence-electron chi connectivity index (χ3n) is 3.26. The van der Waals surface area contributed by atoms with Gasteiger partial charge in [-0.2, -0.15) is 0 Å². The summed E-state index contributed by atoms with van der Waals surface area (Å²) in [6.45, 7) is 4.19. The largest absolute Gasteiger partial charge is 0.496 e. The fourth-order valence-corrected chi connectivity index (χ4v) is 2.34. The number of aliphatic hydroxyl groups is 1. The van der Waals surface area contributed by atoms with Gasteiger partial charge in [-0.05, 0) is 48.4 Å². The molecule has 3 nitrogen and oxygen atoms in total. The summed E-state index contributed by atoms with van der Waals surface area (Å²) in [4.78, 5) is 0. The molecule has 0 saturated carbocycles. The van der Waals surface area contributed by atoms with Gasteiger partial charge in [-0.15, -0.1) is 0 Å². The van der Waals surface area contributed by atoms with Crippen molar-refractivity contribution in [3.8, 4) is 17.2 Å². The molecule has 5 heteroatoms. The fraction of sp³-hybridized carbons (Fsp3) is 0.294. The lowest BCUT2D eigenvalue weighted by Crippen LogP contribution is -2.07. The Kier molecular flexibility index (Phi) is 5.22. The Bertz CT molecular complexity index is 631. The Morgan fingerprint density at radius 2 is 1.59 bits per heavy atom. The van der Waals surface area contributed by atoms with Crippen LogP contribution in [0.3, 0.4) is 0 Å². The number of hydrogen-bond donors (Lipinski definition) is 1. The second kappa shape index (κ2) is 6.78. The minimum Gasteiger partial charge on any atom is -0.496 e. The lowest BCUT2D eigenvalue weighted by Gasteiger charge is -2.15. The minimum atomic E-state index is -1.90. The van der Waals surface area contributed by atoms with Gasteiger partial charge in [0.15, 0.2) is 0 Å². The average Bonchev–Trinajstić information content (AvgIpc) is 2.46. The number of rotatable bonds is 5. The zero-order valence-corrected chi connectivity index (χ0v) is 14.2. The molecule has 0 atom stereocenters. The third kappa shape index (κ3) is 4.07. The van der Waals surface area contributed by atoms with Gasteiger partial charge in [0.1, 0.15) is 17.2 Å². The molecule has 0 heterocycles. The first-order valence-corrected chi connectivity index (χ1v) is 7.63. The van der Waals surface area contributed by atoms with Gasteiger partial charge in [-0.1, -0.05) is 37.0 Å². The maximum absolute atomic E-state index is 9.50.